The number of sulfonamides is 1. The summed E-state index contributed by atoms with van der Waals surface area (Å²) in [5.41, 5.74) is 0.992. The zero-order valence-corrected chi connectivity index (χ0v) is 17.9. The zero-order valence-electron chi connectivity index (χ0n) is 16.3. The fraction of sp³-hybridized carbons (Fsp3) is 0.0909. The van der Waals surface area contributed by atoms with Crippen LogP contribution >= 0.6 is 11.6 Å². The number of anilines is 2. The van der Waals surface area contributed by atoms with E-state index in [2.05, 4.69) is 15.4 Å². The van der Waals surface area contributed by atoms with Crippen LogP contribution in [0.1, 0.15) is 16.8 Å². The van der Waals surface area contributed by atoms with Crippen LogP contribution in [0.25, 0.3) is 0 Å². The molecule has 0 bridgehead atoms. The van der Waals surface area contributed by atoms with E-state index in [1.54, 1.807) is 66.7 Å². The minimum atomic E-state index is -3.80. The van der Waals surface area contributed by atoms with Gasteiger partial charge in [-0.1, -0.05) is 41.9 Å². The molecule has 3 N–H and O–H groups in total. The fourth-order valence-electron chi connectivity index (χ4n) is 2.69. The predicted octanol–water partition coefficient (Wildman–Crippen LogP) is 3.90. The van der Waals surface area contributed by atoms with E-state index in [0.717, 1.165) is 0 Å². The Morgan fingerprint density at radius 2 is 1.42 bits per heavy atom. The quantitative estimate of drug-likeness (QED) is 0.477. The van der Waals surface area contributed by atoms with Crippen molar-refractivity contribution in [3.05, 3.63) is 89.4 Å². The minimum absolute atomic E-state index is 0.0130. The highest BCUT2D eigenvalue weighted by Crippen LogP contribution is 2.24. The maximum atomic E-state index is 12.6. The van der Waals surface area contributed by atoms with E-state index in [-0.39, 0.29) is 35.4 Å². The van der Waals surface area contributed by atoms with Crippen molar-refractivity contribution in [1.82, 2.24) is 5.32 Å². The Morgan fingerprint density at radius 3 is 2.10 bits per heavy atom. The van der Waals surface area contributed by atoms with Crippen LogP contribution < -0.4 is 15.4 Å². The van der Waals surface area contributed by atoms with Gasteiger partial charge < -0.3 is 10.6 Å². The number of para-hydroxylation sites is 2. The van der Waals surface area contributed by atoms with Crippen molar-refractivity contribution in [1.29, 1.82) is 0 Å². The van der Waals surface area contributed by atoms with E-state index < -0.39 is 10.0 Å². The summed E-state index contributed by atoms with van der Waals surface area (Å²) in [5.74, 6) is -0.691. The summed E-state index contributed by atoms with van der Waals surface area (Å²) in [6.07, 6.45) is 0.0130. The van der Waals surface area contributed by atoms with E-state index in [4.69, 9.17) is 11.6 Å². The molecule has 0 aliphatic heterocycles. The molecular weight excluding hydrogens is 438 g/mol. The summed E-state index contributed by atoms with van der Waals surface area (Å²) in [6.45, 7) is 0.116. The van der Waals surface area contributed by atoms with Crippen LogP contribution in [0.15, 0.2) is 83.8 Å². The first-order valence-corrected chi connectivity index (χ1v) is 11.2. The lowest BCUT2D eigenvalue weighted by Crippen LogP contribution is -2.27. The first-order valence-electron chi connectivity index (χ1n) is 9.36. The number of amides is 2. The van der Waals surface area contributed by atoms with Gasteiger partial charge in [-0.25, -0.2) is 8.42 Å². The average Bonchev–Trinajstić information content (AvgIpc) is 2.76. The second kappa shape index (κ2) is 10.1. The van der Waals surface area contributed by atoms with Gasteiger partial charge in [-0.15, -0.1) is 0 Å². The number of hydrogen-bond donors (Lipinski definition) is 3. The summed E-state index contributed by atoms with van der Waals surface area (Å²) >= 11 is 5.80. The fourth-order valence-corrected chi connectivity index (χ4v) is 3.92. The molecule has 2 amide bonds. The van der Waals surface area contributed by atoms with Crippen LogP contribution in [0, 0.1) is 0 Å². The summed E-state index contributed by atoms with van der Waals surface area (Å²) in [7, 11) is -3.80. The summed E-state index contributed by atoms with van der Waals surface area (Å²) < 4.78 is 27.6. The Morgan fingerprint density at radius 1 is 0.806 bits per heavy atom. The molecule has 31 heavy (non-hydrogen) atoms. The summed E-state index contributed by atoms with van der Waals surface area (Å²) in [5, 5.41) is 5.85. The van der Waals surface area contributed by atoms with Crippen LogP contribution in [0.5, 0.6) is 0 Å². The molecule has 0 saturated carbocycles. The second-order valence-electron chi connectivity index (χ2n) is 6.53. The zero-order chi connectivity index (χ0) is 22.3. The molecule has 0 radical (unpaired) electrons. The Bertz CT molecular complexity index is 1170. The molecule has 0 atom stereocenters. The maximum Gasteiger partial charge on any atom is 0.261 e. The SMILES string of the molecule is O=C(CCNC(=O)c1ccc(Cl)cc1)Nc1ccccc1NS(=O)(=O)c1ccccc1. The van der Waals surface area contributed by atoms with Crippen molar-refractivity contribution in [2.75, 3.05) is 16.6 Å². The van der Waals surface area contributed by atoms with Crippen molar-refractivity contribution < 1.29 is 18.0 Å². The van der Waals surface area contributed by atoms with Gasteiger partial charge in [-0.3, -0.25) is 14.3 Å². The lowest BCUT2D eigenvalue weighted by molar-refractivity contribution is -0.116. The van der Waals surface area contributed by atoms with Gasteiger partial charge in [0.05, 0.1) is 16.3 Å². The molecule has 9 heteroatoms. The molecule has 0 aliphatic carbocycles. The summed E-state index contributed by atoms with van der Waals surface area (Å²) in [4.78, 5) is 24.5. The molecule has 3 rings (SSSR count). The first-order chi connectivity index (χ1) is 14.8. The predicted molar refractivity (Wildman–Crippen MR) is 121 cm³/mol. The molecule has 3 aromatic carbocycles. The van der Waals surface area contributed by atoms with Gasteiger partial charge in [0.25, 0.3) is 15.9 Å². The molecule has 0 aromatic heterocycles. The molecular formula is C22H20ClN3O4S. The lowest BCUT2D eigenvalue weighted by atomic mass is 10.2. The number of halogens is 1. The Labute approximate surface area is 185 Å². The van der Waals surface area contributed by atoms with Crippen molar-refractivity contribution in [3.8, 4) is 0 Å². The monoisotopic (exact) mass is 457 g/mol. The van der Waals surface area contributed by atoms with E-state index in [0.29, 0.717) is 16.3 Å². The molecule has 3 aromatic rings. The third-order valence-electron chi connectivity index (χ3n) is 4.24. The molecule has 0 heterocycles. The van der Waals surface area contributed by atoms with Crippen LogP contribution in [-0.2, 0) is 14.8 Å². The van der Waals surface area contributed by atoms with E-state index >= 15 is 0 Å². The van der Waals surface area contributed by atoms with Crippen LogP contribution in [0.2, 0.25) is 5.02 Å². The standard InChI is InChI=1S/C22H20ClN3O4S/c23-17-12-10-16(11-13-17)22(28)24-15-14-21(27)25-19-8-4-5-9-20(19)26-31(29,30)18-6-2-1-3-7-18/h1-13,26H,14-15H2,(H,24,28)(H,25,27). The highest BCUT2D eigenvalue weighted by Gasteiger charge is 2.16. The highest BCUT2D eigenvalue weighted by atomic mass is 35.5. The third-order valence-corrected chi connectivity index (χ3v) is 5.88. The molecule has 160 valence electrons. The summed E-state index contributed by atoms with van der Waals surface area (Å²) in [6, 6.07) is 20.8. The largest absolute Gasteiger partial charge is 0.352 e. The Kier molecular flexibility index (Phi) is 7.28. The number of hydrogen-bond acceptors (Lipinski definition) is 4. The molecule has 7 nitrogen and oxygen atoms in total. The third kappa shape index (κ3) is 6.31. The van der Waals surface area contributed by atoms with Gasteiger partial charge in [0.1, 0.15) is 0 Å². The number of benzene rings is 3. The van der Waals surface area contributed by atoms with Gasteiger partial charge in [0, 0.05) is 23.6 Å². The minimum Gasteiger partial charge on any atom is -0.352 e. The molecule has 0 aliphatic rings. The molecule has 0 fully saturated rings. The molecule has 0 unspecified atom stereocenters. The topological polar surface area (TPSA) is 104 Å². The van der Waals surface area contributed by atoms with Gasteiger partial charge in [0.15, 0.2) is 0 Å². The number of nitrogens with one attached hydrogen (secondary N) is 3. The first kappa shape index (κ1) is 22.3. The van der Waals surface area contributed by atoms with Crippen molar-refractivity contribution in [3.63, 3.8) is 0 Å². The maximum absolute atomic E-state index is 12.6. The van der Waals surface area contributed by atoms with E-state index in [9.17, 15) is 18.0 Å². The van der Waals surface area contributed by atoms with E-state index in [1.165, 1.54) is 12.1 Å². The van der Waals surface area contributed by atoms with Gasteiger partial charge >= 0.3 is 0 Å². The smallest absolute Gasteiger partial charge is 0.261 e. The highest BCUT2D eigenvalue weighted by molar-refractivity contribution is 7.92. The van der Waals surface area contributed by atoms with Crippen molar-refractivity contribution in [2.24, 2.45) is 0 Å². The van der Waals surface area contributed by atoms with Crippen LogP contribution in [0.4, 0.5) is 11.4 Å². The molecule has 0 saturated heterocycles. The number of carbonyl (C=O) groups excluding carboxylic acids is 2. The van der Waals surface area contributed by atoms with Gasteiger partial charge in [-0.2, -0.15) is 0 Å². The second-order valence-corrected chi connectivity index (χ2v) is 8.64. The molecule has 0 spiro atoms. The normalized spacial score (nSPS) is 10.9. The Hall–Kier alpha value is -3.36. The van der Waals surface area contributed by atoms with Gasteiger partial charge in [0.2, 0.25) is 5.91 Å². The lowest BCUT2D eigenvalue weighted by Gasteiger charge is -2.13. The van der Waals surface area contributed by atoms with Crippen LogP contribution in [-0.4, -0.2) is 26.8 Å². The average molecular weight is 458 g/mol. The number of carbonyl (C=O) groups is 2. The number of rotatable bonds is 8. The van der Waals surface area contributed by atoms with E-state index in [1.807, 2.05) is 0 Å². The van der Waals surface area contributed by atoms with Crippen molar-refractivity contribution in [2.45, 2.75) is 11.3 Å². The van der Waals surface area contributed by atoms with Crippen molar-refractivity contribution >= 4 is 44.8 Å². The van der Waals surface area contributed by atoms with Gasteiger partial charge in [-0.05, 0) is 48.5 Å². The Balaban J connectivity index is 1.58. The van der Waals surface area contributed by atoms with Crippen LogP contribution in [0.3, 0.4) is 0 Å².